The van der Waals surface area contributed by atoms with Crippen LogP contribution in [0.1, 0.15) is 17.3 Å². The smallest absolute Gasteiger partial charge is 0.252 e. The first-order chi connectivity index (χ1) is 8.77. The van der Waals surface area contributed by atoms with Crippen LogP contribution in [0.5, 0.6) is 5.75 Å². The molecular weight excluding hydrogens is 272 g/mol. The van der Waals surface area contributed by atoms with Gasteiger partial charge in [0.05, 0.1) is 23.7 Å². The summed E-state index contributed by atoms with van der Waals surface area (Å²) in [7, 11) is -2.46. The highest BCUT2D eigenvalue weighted by Crippen LogP contribution is 2.21. The van der Waals surface area contributed by atoms with Crippen molar-refractivity contribution in [3.05, 3.63) is 23.8 Å². The van der Waals surface area contributed by atoms with Gasteiger partial charge >= 0.3 is 0 Å². The first-order valence-electron chi connectivity index (χ1n) is 5.43. The number of benzene rings is 1. The molecule has 0 aliphatic heterocycles. The number of sulfonamides is 1. The lowest BCUT2D eigenvalue weighted by atomic mass is 10.2. The molecule has 0 saturated heterocycles. The van der Waals surface area contributed by atoms with Crippen LogP contribution in [0.3, 0.4) is 0 Å². The van der Waals surface area contributed by atoms with E-state index in [-0.39, 0.29) is 22.8 Å². The first kappa shape index (κ1) is 15.4. The fourth-order valence-electron chi connectivity index (χ4n) is 1.36. The zero-order valence-electron chi connectivity index (χ0n) is 10.6. The molecule has 8 heteroatoms. The molecule has 1 aromatic carbocycles. The summed E-state index contributed by atoms with van der Waals surface area (Å²) in [6, 6.07) is 3.76. The van der Waals surface area contributed by atoms with Crippen molar-refractivity contribution in [1.29, 1.82) is 0 Å². The number of nitrogens with two attached hydrogens (primary N) is 1. The minimum absolute atomic E-state index is 0.0255. The molecule has 0 radical (unpaired) electrons. The lowest BCUT2D eigenvalue weighted by Gasteiger charge is -2.11. The average molecular weight is 288 g/mol. The number of primary amides is 1. The molecule has 1 atom stereocenters. The number of ether oxygens (including phenoxy) is 1. The van der Waals surface area contributed by atoms with Gasteiger partial charge in [-0.3, -0.25) is 4.79 Å². The Hall–Kier alpha value is -1.64. The number of rotatable bonds is 6. The summed E-state index contributed by atoms with van der Waals surface area (Å²) in [6.45, 7) is 1.33. The van der Waals surface area contributed by atoms with E-state index in [4.69, 9.17) is 15.6 Å². The quantitative estimate of drug-likeness (QED) is 0.649. The van der Waals surface area contributed by atoms with Gasteiger partial charge in [0.15, 0.2) is 0 Å². The molecule has 0 unspecified atom stereocenters. The molecular formula is C11H16N2O5S. The van der Waals surface area contributed by atoms with Gasteiger partial charge in [0.25, 0.3) is 5.91 Å². The molecule has 0 fully saturated rings. The van der Waals surface area contributed by atoms with Crippen LogP contribution in [0, 0.1) is 0 Å². The van der Waals surface area contributed by atoms with Crippen molar-refractivity contribution < 1.29 is 23.1 Å². The molecule has 0 heterocycles. The summed E-state index contributed by atoms with van der Waals surface area (Å²) in [4.78, 5) is 11.1. The Morgan fingerprint density at radius 3 is 2.63 bits per heavy atom. The monoisotopic (exact) mass is 288 g/mol. The van der Waals surface area contributed by atoms with Crippen molar-refractivity contribution >= 4 is 15.9 Å². The van der Waals surface area contributed by atoms with Gasteiger partial charge in [-0.05, 0) is 25.1 Å². The second kappa shape index (κ2) is 6.00. The van der Waals surface area contributed by atoms with Crippen LogP contribution >= 0.6 is 0 Å². The van der Waals surface area contributed by atoms with Gasteiger partial charge in [-0.1, -0.05) is 0 Å². The maximum atomic E-state index is 11.9. The third-order valence-electron chi connectivity index (χ3n) is 2.32. The van der Waals surface area contributed by atoms with Crippen LogP contribution in [0.25, 0.3) is 0 Å². The molecule has 19 heavy (non-hydrogen) atoms. The fourth-order valence-corrected chi connectivity index (χ4v) is 2.51. The number of carbonyl (C=O) groups excluding carboxylic acids is 1. The van der Waals surface area contributed by atoms with Gasteiger partial charge in [-0.25, -0.2) is 13.1 Å². The van der Waals surface area contributed by atoms with Crippen molar-refractivity contribution in [2.75, 3.05) is 13.7 Å². The van der Waals surface area contributed by atoms with Crippen LogP contribution in [0.4, 0.5) is 0 Å². The lowest BCUT2D eigenvalue weighted by Crippen LogP contribution is -2.30. The summed E-state index contributed by atoms with van der Waals surface area (Å²) in [6.07, 6.45) is -0.816. The normalized spacial score (nSPS) is 13.0. The molecule has 0 saturated carbocycles. The second-order valence-corrected chi connectivity index (χ2v) is 5.69. The molecule has 0 aromatic heterocycles. The van der Waals surface area contributed by atoms with Gasteiger partial charge in [0.2, 0.25) is 10.0 Å². The van der Waals surface area contributed by atoms with Crippen molar-refractivity contribution in [1.82, 2.24) is 4.72 Å². The summed E-state index contributed by atoms with van der Waals surface area (Å²) in [5.74, 6) is -0.591. The van der Waals surface area contributed by atoms with Crippen molar-refractivity contribution in [3.63, 3.8) is 0 Å². The second-order valence-electron chi connectivity index (χ2n) is 3.93. The summed E-state index contributed by atoms with van der Waals surface area (Å²) in [5, 5.41) is 9.07. The van der Waals surface area contributed by atoms with E-state index in [9.17, 15) is 13.2 Å². The molecule has 106 valence electrons. The van der Waals surface area contributed by atoms with E-state index in [1.807, 2.05) is 0 Å². The number of hydrogen-bond acceptors (Lipinski definition) is 5. The predicted octanol–water partition coefficient (Wildman–Crippen LogP) is -0.547. The number of aliphatic hydroxyl groups is 1. The fraction of sp³-hybridized carbons (Fsp3) is 0.364. The third kappa shape index (κ3) is 3.91. The van der Waals surface area contributed by atoms with E-state index in [1.165, 1.54) is 26.2 Å². The molecule has 0 spiro atoms. The van der Waals surface area contributed by atoms with E-state index in [0.717, 1.165) is 6.07 Å². The maximum absolute atomic E-state index is 11.9. The van der Waals surface area contributed by atoms with Crippen molar-refractivity contribution in [2.24, 2.45) is 5.73 Å². The molecule has 1 rings (SSSR count). The maximum Gasteiger partial charge on any atom is 0.252 e. The number of nitrogens with one attached hydrogen (secondary N) is 1. The molecule has 1 aromatic rings. The summed E-state index contributed by atoms with van der Waals surface area (Å²) >= 11 is 0. The van der Waals surface area contributed by atoms with Crippen LogP contribution in [0.2, 0.25) is 0 Å². The van der Waals surface area contributed by atoms with Gasteiger partial charge in [0.1, 0.15) is 5.75 Å². The number of amides is 1. The predicted molar refractivity (Wildman–Crippen MR) is 68.4 cm³/mol. The topological polar surface area (TPSA) is 119 Å². The average Bonchev–Trinajstić information content (AvgIpc) is 2.35. The van der Waals surface area contributed by atoms with E-state index in [2.05, 4.69) is 4.72 Å². The lowest BCUT2D eigenvalue weighted by molar-refractivity contribution is 0.0997. The molecule has 0 bridgehead atoms. The Morgan fingerprint density at radius 2 is 2.16 bits per heavy atom. The SMILES string of the molecule is COc1ccc(S(=O)(=O)NC[C@H](C)O)cc1C(N)=O. The molecule has 0 aliphatic carbocycles. The van der Waals surface area contributed by atoms with Crippen LogP contribution in [-0.2, 0) is 10.0 Å². The third-order valence-corrected chi connectivity index (χ3v) is 3.74. The van der Waals surface area contributed by atoms with Gasteiger partial charge < -0.3 is 15.6 Å². The summed E-state index contributed by atoms with van der Waals surface area (Å²) in [5.41, 5.74) is 5.12. The van der Waals surface area contributed by atoms with Crippen molar-refractivity contribution in [2.45, 2.75) is 17.9 Å². The minimum Gasteiger partial charge on any atom is -0.496 e. The molecule has 4 N–H and O–H groups in total. The van der Waals surface area contributed by atoms with Gasteiger partial charge in [-0.15, -0.1) is 0 Å². The first-order valence-corrected chi connectivity index (χ1v) is 6.92. The molecule has 7 nitrogen and oxygen atoms in total. The zero-order chi connectivity index (χ0) is 14.6. The molecule has 1 amide bonds. The number of methoxy groups -OCH3 is 1. The van der Waals surface area contributed by atoms with E-state index in [1.54, 1.807) is 0 Å². The minimum atomic E-state index is -3.81. The van der Waals surface area contributed by atoms with Crippen LogP contribution in [0.15, 0.2) is 23.1 Å². The van der Waals surface area contributed by atoms with Gasteiger partial charge in [-0.2, -0.15) is 0 Å². The van der Waals surface area contributed by atoms with E-state index >= 15 is 0 Å². The Kier molecular flexibility index (Phi) is 4.87. The summed E-state index contributed by atoms with van der Waals surface area (Å²) < 4.78 is 30.9. The Bertz CT molecular complexity index is 568. The Balaban J connectivity index is 3.14. The van der Waals surface area contributed by atoms with E-state index < -0.39 is 22.0 Å². The standard InChI is InChI=1S/C11H16N2O5S/c1-7(14)6-13-19(16,17)8-3-4-10(18-2)9(5-8)11(12)15/h3-5,7,13-14H,6H2,1-2H3,(H2,12,15)/t7-/m0/s1. The van der Waals surface area contributed by atoms with Crippen LogP contribution in [-0.4, -0.2) is 39.2 Å². The number of aliphatic hydroxyl groups excluding tert-OH is 1. The van der Waals surface area contributed by atoms with Gasteiger partial charge in [0, 0.05) is 6.54 Å². The zero-order valence-corrected chi connectivity index (χ0v) is 11.4. The highest BCUT2D eigenvalue weighted by atomic mass is 32.2. The van der Waals surface area contributed by atoms with Crippen LogP contribution < -0.4 is 15.2 Å². The largest absolute Gasteiger partial charge is 0.496 e. The highest BCUT2D eigenvalue weighted by Gasteiger charge is 2.18. The van der Waals surface area contributed by atoms with E-state index in [0.29, 0.717) is 0 Å². The molecule has 0 aliphatic rings. The number of hydrogen-bond donors (Lipinski definition) is 3. The van der Waals surface area contributed by atoms with Crippen molar-refractivity contribution in [3.8, 4) is 5.75 Å². The Morgan fingerprint density at radius 1 is 1.53 bits per heavy atom. The highest BCUT2D eigenvalue weighted by molar-refractivity contribution is 7.89. The number of carbonyl (C=O) groups is 1. The Labute approximate surface area is 111 Å².